The molecule has 1 aromatic carbocycles. The largest absolute Gasteiger partial charge is 0.481 e. The maximum atomic E-state index is 12.9. The minimum Gasteiger partial charge on any atom is -0.481 e. The fraction of sp³-hybridized carbons (Fsp3) is 0.467. The molecule has 2 amide bonds. The highest BCUT2D eigenvalue weighted by Crippen LogP contribution is 2.37. The molecule has 1 saturated heterocycles. The van der Waals surface area contributed by atoms with Crippen LogP contribution in [0.1, 0.15) is 18.5 Å². The molecule has 0 saturated carbocycles. The number of carboxylic acid groups (broad SMARTS) is 1. The third-order valence-electron chi connectivity index (χ3n) is 4.05. The van der Waals surface area contributed by atoms with E-state index in [1.165, 1.54) is 0 Å². The van der Waals surface area contributed by atoms with Gasteiger partial charge in [-0.05, 0) is 24.6 Å². The molecule has 0 aromatic heterocycles. The Morgan fingerprint density at radius 3 is 2.33 bits per heavy atom. The van der Waals surface area contributed by atoms with Crippen LogP contribution in [0.25, 0.3) is 0 Å². The van der Waals surface area contributed by atoms with Crippen LogP contribution in [0.2, 0.25) is 5.02 Å². The fourth-order valence-corrected chi connectivity index (χ4v) is 2.79. The van der Waals surface area contributed by atoms with Crippen LogP contribution in [0.3, 0.4) is 0 Å². The van der Waals surface area contributed by atoms with Gasteiger partial charge >= 0.3 is 18.2 Å². The van der Waals surface area contributed by atoms with E-state index in [0.717, 1.165) is 10.5 Å². The number of carbonyl (C=O) groups excluding carboxylic acids is 1. The lowest BCUT2D eigenvalue weighted by Crippen LogP contribution is -2.40. The van der Waals surface area contributed by atoms with Crippen LogP contribution in [0, 0.1) is 11.8 Å². The highest BCUT2D eigenvalue weighted by molar-refractivity contribution is 6.30. The summed E-state index contributed by atoms with van der Waals surface area (Å²) in [5, 5.41) is 12.1. The molecule has 132 valence electrons. The number of aliphatic carboxylic acids is 1. The van der Waals surface area contributed by atoms with E-state index in [4.69, 9.17) is 16.7 Å². The van der Waals surface area contributed by atoms with Crippen LogP contribution in [0.15, 0.2) is 24.3 Å². The number of halogens is 4. The van der Waals surface area contributed by atoms with Gasteiger partial charge in [-0.1, -0.05) is 23.7 Å². The zero-order valence-corrected chi connectivity index (χ0v) is 13.4. The first-order valence-corrected chi connectivity index (χ1v) is 7.58. The number of carbonyl (C=O) groups is 2. The zero-order valence-electron chi connectivity index (χ0n) is 12.7. The van der Waals surface area contributed by atoms with Gasteiger partial charge in [0.05, 0.1) is 17.9 Å². The van der Waals surface area contributed by atoms with Crippen molar-refractivity contribution in [3.8, 4) is 0 Å². The highest BCUT2D eigenvalue weighted by atomic mass is 35.5. The average Bonchev–Trinajstić information content (AvgIpc) is 2.93. The number of urea groups is 1. The number of likely N-dealkylation sites (tertiary alicyclic amines) is 1. The van der Waals surface area contributed by atoms with Gasteiger partial charge in [-0.15, -0.1) is 0 Å². The van der Waals surface area contributed by atoms with Gasteiger partial charge in [0.15, 0.2) is 0 Å². The molecule has 3 atom stereocenters. The number of alkyl halides is 3. The fourth-order valence-electron chi connectivity index (χ4n) is 2.66. The van der Waals surface area contributed by atoms with E-state index in [2.05, 4.69) is 5.32 Å². The molecule has 24 heavy (non-hydrogen) atoms. The summed E-state index contributed by atoms with van der Waals surface area (Å²) in [6.45, 7) is 0.533. The van der Waals surface area contributed by atoms with Gasteiger partial charge in [0, 0.05) is 18.1 Å². The summed E-state index contributed by atoms with van der Waals surface area (Å²) in [7, 11) is 0. The molecule has 0 spiro atoms. The van der Waals surface area contributed by atoms with E-state index in [1.54, 1.807) is 31.2 Å². The summed E-state index contributed by atoms with van der Waals surface area (Å²) >= 11 is 5.77. The number of carboxylic acids is 1. The van der Waals surface area contributed by atoms with Crippen LogP contribution < -0.4 is 5.32 Å². The lowest BCUT2D eigenvalue weighted by atomic mass is 9.96. The number of rotatable bonds is 3. The number of nitrogens with one attached hydrogen (secondary N) is 1. The van der Waals surface area contributed by atoms with E-state index in [-0.39, 0.29) is 0 Å². The first-order chi connectivity index (χ1) is 11.1. The molecule has 2 rings (SSSR count). The Kier molecular flexibility index (Phi) is 5.27. The van der Waals surface area contributed by atoms with Crippen molar-refractivity contribution >= 4 is 23.6 Å². The van der Waals surface area contributed by atoms with E-state index >= 15 is 0 Å². The minimum absolute atomic E-state index is 0.456. The maximum absolute atomic E-state index is 12.9. The Morgan fingerprint density at radius 2 is 1.88 bits per heavy atom. The van der Waals surface area contributed by atoms with E-state index in [9.17, 15) is 22.8 Å². The van der Waals surface area contributed by atoms with Crippen molar-refractivity contribution in [2.45, 2.75) is 19.1 Å². The van der Waals surface area contributed by atoms with Crippen LogP contribution in [-0.2, 0) is 4.79 Å². The van der Waals surface area contributed by atoms with E-state index in [1.807, 2.05) is 0 Å². The summed E-state index contributed by atoms with van der Waals surface area (Å²) < 4.78 is 38.8. The monoisotopic (exact) mass is 364 g/mol. The summed E-state index contributed by atoms with van der Waals surface area (Å²) in [5.74, 6) is -5.27. The van der Waals surface area contributed by atoms with Gasteiger partial charge in [-0.3, -0.25) is 4.79 Å². The molecule has 1 aromatic rings. The van der Waals surface area contributed by atoms with Crippen LogP contribution >= 0.6 is 11.6 Å². The molecule has 5 nitrogen and oxygen atoms in total. The molecule has 0 aliphatic carbocycles. The number of benzene rings is 1. The van der Waals surface area contributed by atoms with Crippen LogP contribution in [0.4, 0.5) is 18.0 Å². The molecule has 2 N–H and O–H groups in total. The summed E-state index contributed by atoms with van der Waals surface area (Å²) in [5.41, 5.74) is 0.731. The summed E-state index contributed by atoms with van der Waals surface area (Å²) in [4.78, 5) is 24.1. The standard InChI is InChI=1S/C15H16ClF3N2O3/c1-8(9-2-4-10(16)5-3-9)20-14(24)21-6-11(13(22)23)12(7-21)15(17,18)19/h2-5,8,11-12H,6-7H2,1H3,(H,20,24)(H,22,23)/t8?,11-,12-/m1/s1. The topological polar surface area (TPSA) is 69.6 Å². The van der Waals surface area contributed by atoms with E-state index in [0.29, 0.717) is 5.02 Å². The third kappa shape index (κ3) is 4.11. The Hall–Kier alpha value is -1.96. The molecule has 0 radical (unpaired) electrons. The van der Waals surface area contributed by atoms with Gasteiger partial charge in [-0.2, -0.15) is 13.2 Å². The number of hydrogen-bond donors (Lipinski definition) is 2. The van der Waals surface area contributed by atoms with Crippen molar-refractivity contribution in [2.75, 3.05) is 13.1 Å². The van der Waals surface area contributed by atoms with Gasteiger partial charge in [-0.25, -0.2) is 4.79 Å². The second-order valence-corrected chi connectivity index (χ2v) is 6.16. The molecule has 1 fully saturated rings. The molecule has 1 aliphatic rings. The molecule has 1 aliphatic heterocycles. The van der Waals surface area contributed by atoms with Crippen molar-refractivity contribution < 1.29 is 27.9 Å². The molecule has 1 heterocycles. The van der Waals surface area contributed by atoms with Crippen molar-refractivity contribution in [2.24, 2.45) is 11.8 Å². The second-order valence-electron chi connectivity index (χ2n) is 5.72. The van der Waals surface area contributed by atoms with Gasteiger partial charge in [0.25, 0.3) is 0 Å². The minimum atomic E-state index is -4.67. The smallest absolute Gasteiger partial charge is 0.394 e. The van der Waals surface area contributed by atoms with Gasteiger partial charge in [0.2, 0.25) is 0 Å². The number of hydrogen-bond acceptors (Lipinski definition) is 2. The predicted molar refractivity (Wildman–Crippen MR) is 80.6 cm³/mol. The molecular formula is C15H16ClF3N2O3. The average molecular weight is 365 g/mol. The zero-order chi connectivity index (χ0) is 18.1. The highest BCUT2D eigenvalue weighted by Gasteiger charge is 2.53. The van der Waals surface area contributed by atoms with Gasteiger partial charge in [0.1, 0.15) is 0 Å². The Labute approximate surface area is 141 Å². The molecular weight excluding hydrogens is 349 g/mol. The van der Waals surface area contributed by atoms with Crippen molar-refractivity contribution in [3.05, 3.63) is 34.9 Å². The first kappa shape index (κ1) is 18.4. The Morgan fingerprint density at radius 1 is 1.29 bits per heavy atom. The predicted octanol–water partition coefficient (Wildman–Crippen LogP) is 3.31. The van der Waals surface area contributed by atoms with Crippen LogP contribution in [-0.4, -0.2) is 41.3 Å². The van der Waals surface area contributed by atoms with Crippen molar-refractivity contribution in [1.82, 2.24) is 10.2 Å². The first-order valence-electron chi connectivity index (χ1n) is 7.20. The Bertz CT molecular complexity index is 621. The molecule has 9 heteroatoms. The second kappa shape index (κ2) is 6.88. The maximum Gasteiger partial charge on any atom is 0.394 e. The lowest BCUT2D eigenvalue weighted by molar-refractivity contribution is -0.187. The number of amides is 2. The summed E-state index contributed by atoms with van der Waals surface area (Å²) in [6.07, 6.45) is -4.67. The normalized spacial score (nSPS) is 22.3. The van der Waals surface area contributed by atoms with Gasteiger partial charge < -0.3 is 15.3 Å². The van der Waals surface area contributed by atoms with Crippen molar-refractivity contribution in [3.63, 3.8) is 0 Å². The van der Waals surface area contributed by atoms with E-state index < -0.39 is 49.1 Å². The quantitative estimate of drug-likeness (QED) is 0.864. The number of nitrogens with zero attached hydrogens (tertiary/aromatic N) is 1. The van der Waals surface area contributed by atoms with Crippen LogP contribution in [0.5, 0.6) is 0 Å². The Balaban J connectivity index is 2.05. The summed E-state index contributed by atoms with van der Waals surface area (Å²) in [6, 6.07) is 5.47. The third-order valence-corrected chi connectivity index (χ3v) is 4.31. The van der Waals surface area contributed by atoms with Crippen molar-refractivity contribution in [1.29, 1.82) is 0 Å². The molecule has 1 unspecified atom stereocenters. The lowest BCUT2D eigenvalue weighted by Gasteiger charge is -2.21. The SMILES string of the molecule is CC(NC(=O)N1C[C@@H](C(F)(F)F)[C@H](C(=O)O)C1)c1ccc(Cl)cc1. The molecule has 0 bridgehead atoms.